The van der Waals surface area contributed by atoms with Crippen LogP contribution in [-0.2, 0) is 4.74 Å². The Bertz CT molecular complexity index is 1080. The number of piperidine rings is 1. The first kappa shape index (κ1) is 20.3. The molecular formula is C23H26N2O5. The van der Waals surface area contributed by atoms with Crippen molar-refractivity contribution in [1.29, 1.82) is 5.26 Å². The van der Waals surface area contributed by atoms with Crippen LogP contribution in [0.5, 0.6) is 5.75 Å². The van der Waals surface area contributed by atoms with Crippen molar-refractivity contribution >= 4 is 17.1 Å². The van der Waals surface area contributed by atoms with Crippen molar-refractivity contribution in [3.63, 3.8) is 0 Å². The van der Waals surface area contributed by atoms with E-state index in [-0.39, 0.29) is 29.8 Å². The fraction of sp³-hybridized carbons (Fsp3) is 0.522. The molecule has 158 valence electrons. The zero-order chi connectivity index (χ0) is 21.6. The number of nitrogens with zero attached hydrogens (tertiary/aromatic N) is 2. The Morgan fingerprint density at radius 3 is 2.50 bits per heavy atom. The van der Waals surface area contributed by atoms with Crippen LogP contribution in [0.2, 0.25) is 0 Å². The van der Waals surface area contributed by atoms with Gasteiger partial charge in [0.2, 0.25) is 0 Å². The Kier molecular flexibility index (Phi) is 4.97. The molecule has 3 heterocycles. The van der Waals surface area contributed by atoms with E-state index < -0.39 is 11.2 Å². The molecule has 1 amide bonds. The Morgan fingerprint density at radius 2 is 1.90 bits per heavy atom. The molecule has 0 N–H and O–H groups in total. The summed E-state index contributed by atoms with van der Waals surface area (Å²) in [6.07, 6.45) is 3.11. The second-order valence-electron chi connectivity index (χ2n) is 9.14. The van der Waals surface area contributed by atoms with Crippen LogP contribution in [0.4, 0.5) is 4.79 Å². The number of ether oxygens (including phenoxy) is 2. The van der Waals surface area contributed by atoms with Crippen LogP contribution in [0.25, 0.3) is 11.0 Å². The predicted octanol–water partition coefficient (Wildman–Crippen LogP) is 4.28. The summed E-state index contributed by atoms with van der Waals surface area (Å²) in [6.45, 7) is 7.37. The Labute approximate surface area is 175 Å². The highest BCUT2D eigenvalue weighted by atomic mass is 16.6. The number of aryl methyl sites for hydroxylation is 1. The lowest BCUT2D eigenvalue weighted by Crippen LogP contribution is -2.50. The van der Waals surface area contributed by atoms with Crippen LogP contribution < -0.4 is 10.4 Å². The second kappa shape index (κ2) is 7.35. The number of carbonyl (C=O) groups is 1. The SMILES string of the molecule is Cc1c(C#N)c(=O)oc2cc(OC3CC4CCC(C3)N4C(=O)OC(C)(C)C)ccc12. The van der Waals surface area contributed by atoms with Crippen molar-refractivity contribution in [3.8, 4) is 11.8 Å². The van der Waals surface area contributed by atoms with Gasteiger partial charge in [-0.1, -0.05) is 0 Å². The lowest BCUT2D eigenvalue weighted by molar-refractivity contribution is -0.00706. The predicted molar refractivity (Wildman–Crippen MR) is 110 cm³/mol. The fourth-order valence-electron chi connectivity index (χ4n) is 4.57. The van der Waals surface area contributed by atoms with Crippen LogP contribution in [0.3, 0.4) is 0 Å². The van der Waals surface area contributed by atoms with E-state index >= 15 is 0 Å². The average Bonchev–Trinajstić information content (AvgIpc) is 2.92. The number of fused-ring (bicyclic) bond motifs is 3. The third kappa shape index (κ3) is 3.74. The van der Waals surface area contributed by atoms with Gasteiger partial charge >= 0.3 is 11.7 Å². The molecule has 7 heteroatoms. The third-order valence-electron chi connectivity index (χ3n) is 5.85. The number of hydrogen-bond acceptors (Lipinski definition) is 6. The quantitative estimate of drug-likeness (QED) is 0.686. The van der Waals surface area contributed by atoms with Gasteiger partial charge in [-0.05, 0) is 58.2 Å². The van der Waals surface area contributed by atoms with Gasteiger partial charge in [-0.25, -0.2) is 9.59 Å². The van der Waals surface area contributed by atoms with Crippen LogP contribution >= 0.6 is 0 Å². The molecule has 0 spiro atoms. The largest absolute Gasteiger partial charge is 0.490 e. The number of benzene rings is 1. The van der Waals surface area contributed by atoms with Crippen LogP contribution in [0.1, 0.15) is 57.6 Å². The van der Waals surface area contributed by atoms with Crippen molar-refractivity contribution in [3.05, 3.63) is 39.7 Å². The van der Waals surface area contributed by atoms with Crippen molar-refractivity contribution in [2.24, 2.45) is 0 Å². The van der Waals surface area contributed by atoms with E-state index in [9.17, 15) is 9.59 Å². The third-order valence-corrected chi connectivity index (χ3v) is 5.85. The summed E-state index contributed by atoms with van der Waals surface area (Å²) in [6, 6.07) is 7.47. The van der Waals surface area contributed by atoms with Gasteiger partial charge in [0, 0.05) is 36.4 Å². The molecule has 2 aromatic rings. The van der Waals surface area contributed by atoms with Crippen molar-refractivity contribution in [1.82, 2.24) is 4.90 Å². The first-order valence-electron chi connectivity index (χ1n) is 10.3. The molecule has 2 unspecified atom stereocenters. The number of carbonyl (C=O) groups excluding carboxylic acids is 1. The van der Waals surface area contributed by atoms with Crippen molar-refractivity contribution in [2.75, 3.05) is 0 Å². The maximum Gasteiger partial charge on any atom is 0.410 e. The molecule has 4 rings (SSSR count). The minimum atomic E-state index is -0.636. The van der Waals surface area contributed by atoms with E-state index in [1.54, 1.807) is 13.0 Å². The first-order valence-corrected chi connectivity index (χ1v) is 10.3. The topological polar surface area (TPSA) is 92.8 Å². The van der Waals surface area contributed by atoms with E-state index in [0.29, 0.717) is 16.9 Å². The summed E-state index contributed by atoms with van der Waals surface area (Å²) in [5.41, 5.74) is -0.101. The number of rotatable bonds is 2. The van der Waals surface area contributed by atoms with Crippen LogP contribution in [0.15, 0.2) is 27.4 Å². The minimum Gasteiger partial charge on any atom is -0.490 e. The van der Waals surface area contributed by atoms with Gasteiger partial charge in [0.1, 0.15) is 34.7 Å². The number of amides is 1. The molecule has 0 saturated carbocycles. The maximum absolute atomic E-state index is 12.6. The summed E-state index contributed by atoms with van der Waals surface area (Å²) in [5, 5.41) is 9.86. The lowest BCUT2D eigenvalue weighted by atomic mass is 10.00. The summed E-state index contributed by atoms with van der Waals surface area (Å²) in [7, 11) is 0. The minimum absolute atomic E-state index is 0.0233. The highest BCUT2D eigenvalue weighted by molar-refractivity contribution is 5.83. The highest BCUT2D eigenvalue weighted by Crippen LogP contribution is 2.38. The lowest BCUT2D eigenvalue weighted by Gasteiger charge is -2.39. The van der Waals surface area contributed by atoms with Gasteiger partial charge in [0.05, 0.1) is 0 Å². The smallest absolute Gasteiger partial charge is 0.410 e. The monoisotopic (exact) mass is 410 g/mol. The number of nitriles is 1. The molecule has 30 heavy (non-hydrogen) atoms. The summed E-state index contributed by atoms with van der Waals surface area (Å²) in [4.78, 5) is 26.5. The summed E-state index contributed by atoms with van der Waals surface area (Å²) in [5.74, 6) is 0.616. The first-order chi connectivity index (χ1) is 14.2. The molecule has 2 fully saturated rings. The van der Waals surface area contributed by atoms with Crippen molar-refractivity contribution < 1.29 is 18.7 Å². The van der Waals surface area contributed by atoms with Gasteiger partial charge in [-0.2, -0.15) is 5.26 Å². The zero-order valence-electron chi connectivity index (χ0n) is 17.7. The van der Waals surface area contributed by atoms with E-state index in [1.807, 2.05) is 43.9 Å². The zero-order valence-corrected chi connectivity index (χ0v) is 17.7. The van der Waals surface area contributed by atoms with Gasteiger partial charge in [0.25, 0.3) is 0 Å². The standard InChI is InChI=1S/C23H26N2O5/c1-13-18-8-7-16(11-20(18)29-21(26)19(13)12-24)28-17-9-14-5-6-15(10-17)25(14)22(27)30-23(2,3)4/h7-8,11,14-15,17H,5-6,9-10H2,1-4H3. The Morgan fingerprint density at radius 1 is 1.23 bits per heavy atom. The Balaban J connectivity index is 1.50. The molecule has 2 saturated heterocycles. The summed E-state index contributed by atoms with van der Waals surface area (Å²) < 4.78 is 17.1. The molecule has 2 bridgehead atoms. The van der Waals surface area contributed by atoms with Gasteiger partial charge in [-0.15, -0.1) is 0 Å². The molecule has 1 aromatic heterocycles. The molecule has 2 atom stereocenters. The second-order valence-corrected chi connectivity index (χ2v) is 9.14. The van der Waals surface area contributed by atoms with Crippen molar-refractivity contribution in [2.45, 2.75) is 77.2 Å². The molecular weight excluding hydrogens is 384 g/mol. The summed E-state index contributed by atoms with van der Waals surface area (Å²) >= 11 is 0. The van der Waals surface area contributed by atoms with Gasteiger partial charge < -0.3 is 18.8 Å². The van der Waals surface area contributed by atoms with E-state index in [0.717, 1.165) is 31.1 Å². The molecule has 2 aliphatic rings. The van der Waals surface area contributed by atoms with Crippen LogP contribution in [-0.4, -0.2) is 34.8 Å². The van der Waals surface area contributed by atoms with E-state index in [4.69, 9.17) is 19.2 Å². The van der Waals surface area contributed by atoms with Crippen LogP contribution in [0, 0.1) is 18.3 Å². The van der Waals surface area contributed by atoms with Gasteiger partial charge in [-0.3, -0.25) is 0 Å². The normalized spacial score (nSPS) is 23.3. The van der Waals surface area contributed by atoms with Gasteiger partial charge in [0.15, 0.2) is 0 Å². The van der Waals surface area contributed by atoms with E-state index in [1.165, 1.54) is 0 Å². The molecule has 1 aromatic carbocycles. The Hall–Kier alpha value is -3.01. The molecule has 2 aliphatic heterocycles. The number of hydrogen-bond donors (Lipinski definition) is 0. The molecule has 0 aliphatic carbocycles. The molecule has 7 nitrogen and oxygen atoms in total. The highest BCUT2D eigenvalue weighted by Gasteiger charge is 2.45. The average molecular weight is 410 g/mol. The maximum atomic E-state index is 12.6. The van der Waals surface area contributed by atoms with E-state index in [2.05, 4.69) is 0 Å². The fourth-order valence-corrected chi connectivity index (χ4v) is 4.57. The molecule has 0 radical (unpaired) electrons.